The Bertz CT molecular complexity index is 1320. The second-order valence-electron chi connectivity index (χ2n) is 7.34. The molecule has 170 valence electrons. The highest BCUT2D eigenvalue weighted by Crippen LogP contribution is 2.33. The number of nitrogens with zero attached hydrogens (tertiary/aromatic N) is 3. The van der Waals surface area contributed by atoms with Crippen molar-refractivity contribution in [1.29, 1.82) is 0 Å². The maximum Gasteiger partial charge on any atom is 0.259 e. The lowest BCUT2D eigenvalue weighted by molar-refractivity contribution is 0.315. The van der Waals surface area contributed by atoms with E-state index in [0.717, 1.165) is 24.5 Å². The average molecular weight is 484 g/mol. The monoisotopic (exact) mass is 483 g/mol. The molecule has 0 bridgehead atoms. The molecule has 0 aliphatic carbocycles. The van der Waals surface area contributed by atoms with Crippen molar-refractivity contribution in [3.8, 4) is 16.9 Å². The third-order valence-electron chi connectivity index (χ3n) is 5.09. The first-order valence-electron chi connectivity index (χ1n) is 10.5. The van der Waals surface area contributed by atoms with Gasteiger partial charge in [-0.05, 0) is 49.0 Å². The summed E-state index contributed by atoms with van der Waals surface area (Å²) in [6, 6.07) is 14.4. The van der Waals surface area contributed by atoms with E-state index < -0.39 is 0 Å². The van der Waals surface area contributed by atoms with Crippen molar-refractivity contribution in [3.63, 3.8) is 0 Å². The van der Waals surface area contributed by atoms with Crippen molar-refractivity contribution < 1.29 is 4.74 Å². The molecule has 2 N–H and O–H groups in total. The van der Waals surface area contributed by atoms with Gasteiger partial charge in [0, 0.05) is 36.4 Å². The Balaban J connectivity index is 1.59. The minimum atomic E-state index is -0.249. The summed E-state index contributed by atoms with van der Waals surface area (Å²) in [4.78, 5) is 22.0. The Morgan fingerprint density at radius 2 is 1.82 bits per heavy atom. The van der Waals surface area contributed by atoms with Gasteiger partial charge in [-0.2, -0.15) is 4.98 Å². The van der Waals surface area contributed by atoms with Gasteiger partial charge in [-0.25, -0.2) is 4.98 Å². The van der Waals surface area contributed by atoms with Crippen LogP contribution in [0.4, 0.5) is 11.6 Å². The summed E-state index contributed by atoms with van der Waals surface area (Å²) in [6.07, 6.45) is 1.66. The lowest BCUT2D eigenvalue weighted by Gasteiger charge is -2.12. The Kier molecular flexibility index (Phi) is 7.13. The number of nitrogens with one attached hydrogen (secondary N) is 2. The topological polar surface area (TPSA) is 81.1 Å². The fourth-order valence-corrected chi connectivity index (χ4v) is 4.02. The van der Waals surface area contributed by atoms with E-state index >= 15 is 0 Å². The van der Waals surface area contributed by atoms with Crippen LogP contribution in [0.15, 0.2) is 59.5 Å². The summed E-state index contributed by atoms with van der Waals surface area (Å²) in [6.45, 7) is 4.37. The zero-order chi connectivity index (χ0) is 23.4. The van der Waals surface area contributed by atoms with E-state index in [2.05, 4.69) is 27.5 Å². The number of pyridine rings is 1. The molecular formula is C24H23Cl2N5O2. The highest BCUT2D eigenvalue weighted by atomic mass is 35.5. The Hall–Kier alpha value is -3.13. The number of ether oxygens (including phenoxy) is 1. The van der Waals surface area contributed by atoms with E-state index in [1.165, 1.54) is 4.57 Å². The number of rotatable bonds is 8. The molecule has 0 saturated carbocycles. The Labute approximate surface area is 201 Å². The van der Waals surface area contributed by atoms with E-state index in [0.29, 0.717) is 44.8 Å². The first kappa shape index (κ1) is 23.0. The number of hydrogen-bond acceptors (Lipinski definition) is 6. The molecule has 0 aliphatic heterocycles. The van der Waals surface area contributed by atoms with Crippen molar-refractivity contribution >= 4 is 45.9 Å². The molecule has 2 aromatic carbocycles. The lowest BCUT2D eigenvalue weighted by Crippen LogP contribution is -2.20. The fraction of sp³-hybridized carbons (Fsp3) is 0.208. The van der Waals surface area contributed by atoms with Crippen LogP contribution in [-0.2, 0) is 7.05 Å². The van der Waals surface area contributed by atoms with Gasteiger partial charge in [-0.1, -0.05) is 36.2 Å². The van der Waals surface area contributed by atoms with Crippen molar-refractivity contribution in [2.75, 3.05) is 25.0 Å². The van der Waals surface area contributed by atoms with E-state index in [9.17, 15) is 4.79 Å². The molecule has 0 radical (unpaired) electrons. The Morgan fingerprint density at radius 3 is 2.52 bits per heavy atom. The number of aromatic nitrogens is 3. The molecule has 9 heteroatoms. The van der Waals surface area contributed by atoms with Crippen LogP contribution in [0, 0.1) is 0 Å². The van der Waals surface area contributed by atoms with Gasteiger partial charge in [0.2, 0.25) is 5.95 Å². The third-order valence-corrected chi connectivity index (χ3v) is 5.72. The smallest absolute Gasteiger partial charge is 0.259 e. The Morgan fingerprint density at radius 1 is 1.09 bits per heavy atom. The second kappa shape index (κ2) is 10.2. The fourth-order valence-electron chi connectivity index (χ4n) is 3.42. The number of fused-ring (bicyclic) bond motifs is 1. The van der Waals surface area contributed by atoms with Crippen molar-refractivity contribution in [2.24, 2.45) is 7.05 Å². The predicted octanol–water partition coefficient (Wildman–Crippen LogP) is 5.03. The molecule has 0 aliphatic rings. The molecule has 0 spiro atoms. The summed E-state index contributed by atoms with van der Waals surface area (Å²) in [5.41, 5.74) is 1.94. The maximum absolute atomic E-state index is 13.1. The van der Waals surface area contributed by atoms with Gasteiger partial charge in [-0.15, -0.1) is 0 Å². The average Bonchev–Trinajstić information content (AvgIpc) is 2.81. The number of anilines is 2. The number of likely N-dealkylation sites (N-methyl/N-ethyl adjacent to an activating group) is 1. The number of aryl methyl sites for hydroxylation is 1. The predicted molar refractivity (Wildman–Crippen MR) is 134 cm³/mol. The van der Waals surface area contributed by atoms with Crippen LogP contribution in [0.3, 0.4) is 0 Å². The SMILES string of the molecule is CCNCCOc1ccc(Nc2ncc3cc(-c4c(Cl)cccc4Cl)c(=O)n(C)c3n2)cc1. The quantitative estimate of drug-likeness (QED) is 0.342. The molecule has 0 amide bonds. The van der Waals surface area contributed by atoms with Crippen LogP contribution in [0.2, 0.25) is 10.0 Å². The first-order chi connectivity index (χ1) is 16.0. The summed E-state index contributed by atoms with van der Waals surface area (Å²) in [7, 11) is 1.66. The number of halogens is 2. The molecule has 7 nitrogen and oxygen atoms in total. The van der Waals surface area contributed by atoms with Crippen LogP contribution in [-0.4, -0.2) is 34.2 Å². The van der Waals surface area contributed by atoms with Gasteiger partial charge in [0.15, 0.2) is 0 Å². The summed E-state index contributed by atoms with van der Waals surface area (Å²) in [5, 5.41) is 7.89. The molecule has 33 heavy (non-hydrogen) atoms. The molecule has 0 fully saturated rings. The van der Waals surface area contributed by atoms with E-state index in [1.54, 1.807) is 37.5 Å². The van der Waals surface area contributed by atoms with Crippen LogP contribution >= 0.6 is 23.2 Å². The van der Waals surface area contributed by atoms with Gasteiger partial charge < -0.3 is 15.4 Å². The zero-order valence-corrected chi connectivity index (χ0v) is 19.7. The minimum absolute atomic E-state index is 0.249. The highest BCUT2D eigenvalue weighted by molar-refractivity contribution is 6.39. The van der Waals surface area contributed by atoms with Gasteiger partial charge in [0.1, 0.15) is 18.0 Å². The van der Waals surface area contributed by atoms with Gasteiger partial charge in [0.05, 0.1) is 15.6 Å². The minimum Gasteiger partial charge on any atom is -0.492 e. The van der Waals surface area contributed by atoms with Gasteiger partial charge >= 0.3 is 0 Å². The van der Waals surface area contributed by atoms with Crippen molar-refractivity contribution in [3.05, 3.63) is 75.1 Å². The van der Waals surface area contributed by atoms with Crippen LogP contribution in [0.1, 0.15) is 6.92 Å². The number of benzene rings is 2. The first-order valence-corrected chi connectivity index (χ1v) is 11.2. The third kappa shape index (κ3) is 5.11. The summed E-state index contributed by atoms with van der Waals surface area (Å²) >= 11 is 12.6. The molecule has 0 saturated heterocycles. The van der Waals surface area contributed by atoms with E-state index in [-0.39, 0.29) is 5.56 Å². The zero-order valence-electron chi connectivity index (χ0n) is 18.2. The molecule has 0 atom stereocenters. The van der Waals surface area contributed by atoms with Crippen LogP contribution < -0.4 is 20.9 Å². The highest BCUT2D eigenvalue weighted by Gasteiger charge is 2.16. The van der Waals surface area contributed by atoms with Crippen LogP contribution in [0.25, 0.3) is 22.2 Å². The van der Waals surface area contributed by atoms with Gasteiger partial charge in [-0.3, -0.25) is 9.36 Å². The second-order valence-corrected chi connectivity index (χ2v) is 8.16. The van der Waals surface area contributed by atoms with Crippen LogP contribution in [0.5, 0.6) is 5.75 Å². The molecule has 2 aromatic heterocycles. The van der Waals surface area contributed by atoms with E-state index in [1.807, 2.05) is 24.3 Å². The lowest BCUT2D eigenvalue weighted by atomic mass is 10.1. The number of hydrogen-bond donors (Lipinski definition) is 2. The van der Waals surface area contributed by atoms with Crippen molar-refractivity contribution in [1.82, 2.24) is 19.9 Å². The molecule has 0 unspecified atom stereocenters. The normalized spacial score (nSPS) is 11.0. The molecule has 2 heterocycles. The largest absolute Gasteiger partial charge is 0.492 e. The van der Waals surface area contributed by atoms with Crippen molar-refractivity contribution in [2.45, 2.75) is 6.92 Å². The van der Waals surface area contributed by atoms with Gasteiger partial charge in [0.25, 0.3) is 5.56 Å². The summed E-state index contributed by atoms with van der Waals surface area (Å²) < 4.78 is 7.16. The maximum atomic E-state index is 13.1. The molecular weight excluding hydrogens is 461 g/mol. The van der Waals surface area contributed by atoms with E-state index in [4.69, 9.17) is 27.9 Å². The molecule has 4 aromatic rings. The molecule has 4 rings (SSSR count). The summed E-state index contributed by atoms with van der Waals surface area (Å²) in [5.74, 6) is 1.16. The standard InChI is InChI=1S/C24H23Cl2N5O2/c1-3-27-11-12-33-17-9-7-16(8-10-17)29-24-28-14-15-13-18(23(32)31(2)22(15)30-24)21-19(25)5-4-6-20(21)26/h4-10,13-14,27H,3,11-12H2,1-2H3,(H,28,29,30).